The topological polar surface area (TPSA) is 94.3 Å². The number of amides is 2. The molecule has 0 bridgehead atoms. The summed E-state index contributed by atoms with van der Waals surface area (Å²) in [6.07, 6.45) is 4.24. The van der Waals surface area contributed by atoms with Gasteiger partial charge in [-0.15, -0.1) is 0 Å². The SMILES string of the molecule is CCCc1ccc(C(=O)NCCc2cccc(Oc3ccnc(C(N)=O)c3)c2)cc1. The van der Waals surface area contributed by atoms with Crippen LogP contribution in [0, 0.1) is 0 Å². The lowest BCUT2D eigenvalue weighted by Gasteiger charge is -2.09. The van der Waals surface area contributed by atoms with E-state index >= 15 is 0 Å². The first-order valence-electron chi connectivity index (χ1n) is 9.95. The molecule has 0 atom stereocenters. The zero-order valence-electron chi connectivity index (χ0n) is 16.9. The second kappa shape index (κ2) is 10.2. The highest BCUT2D eigenvalue weighted by atomic mass is 16.5. The van der Waals surface area contributed by atoms with E-state index in [-0.39, 0.29) is 11.6 Å². The van der Waals surface area contributed by atoms with E-state index in [9.17, 15) is 9.59 Å². The van der Waals surface area contributed by atoms with Gasteiger partial charge in [0.15, 0.2) is 0 Å². The van der Waals surface area contributed by atoms with Crippen molar-refractivity contribution in [1.82, 2.24) is 10.3 Å². The first kappa shape index (κ1) is 21.0. The molecule has 154 valence electrons. The number of rotatable bonds is 9. The van der Waals surface area contributed by atoms with Crippen molar-refractivity contribution in [2.75, 3.05) is 6.54 Å². The van der Waals surface area contributed by atoms with Crippen LogP contribution in [0.15, 0.2) is 66.9 Å². The molecule has 6 heteroatoms. The Kier molecular flexibility index (Phi) is 7.16. The number of benzene rings is 2. The van der Waals surface area contributed by atoms with Gasteiger partial charge in [0.2, 0.25) is 0 Å². The highest BCUT2D eigenvalue weighted by Gasteiger charge is 2.07. The maximum atomic E-state index is 12.3. The molecule has 3 rings (SSSR count). The van der Waals surface area contributed by atoms with E-state index in [2.05, 4.69) is 17.2 Å². The summed E-state index contributed by atoms with van der Waals surface area (Å²) in [6.45, 7) is 2.65. The van der Waals surface area contributed by atoms with Crippen LogP contribution in [0.1, 0.15) is 45.3 Å². The van der Waals surface area contributed by atoms with Gasteiger partial charge in [0.25, 0.3) is 11.8 Å². The molecule has 0 radical (unpaired) electrons. The third-order valence-electron chi connectivity index (χ3n) is 4.57. The summed E-state index contributed by atoms with van der Waals surface area (Å²) in [5, 5.41) is 2.95. The van der Waals surface area contributed by atoms with Gasteiger partial charge in [-0.25, -0.2) is 0 Å². The van der Waals surface area contributed by atoms with Crippen molar-refractivity contribution in [2.45, 2.75) is 26.2 Å². The van der Waals surface area contributed by atoms with Gasteiger partial charge in [-0.2, -0.15) is 0 Å². The summed E-state index contributed by atoms with van der Waals surface area (Å²) in [4.78, 5) is 27.5. The second-order valence-electron chi connectivity index (χ2n) is 6.94. The van der Waals surface area contributed by atoms with Crippen LogP contribution in [0.25, 0.3) is 0 Å². The molecule has 2 amide bonds. The zero-order chi connectivity index (χ0) is 21.3. The molecule has 0 aliphatic heterocycles. The van der Waals surface area contributed by atoms with Crippen LogP contribution in [0.3, 0.4) is 0 Å². The van der Waals surface area contributed by atoms with E-state index in [1.807, 2.05) is 48.5 Å². The summed E-state index contributed by atoms with van der Waals surface area (Å²) >= 11 is 0. The molecule has 6 nitrogen and oxygen atoms in total. The van der Waals surface area contributed by atoms with E-state index in [0.29, 0.717) is 30.0 Å². The molecule has 3 aromatic rings. The number of nitrogens with one attached hydrogen (secondary N) is 1. The van der Waals surface area contributed by atoms with Crippen LogP contribution in [0.4, 0.5) is 0 Å². The summed E-state index contributed by atoms with van der Waals surface area (Å²) in [5.74, 6) is 0.425. The van der Waals surface area contributed by atoms with Crippen molar-refractivity contribution >= 4 is 11.8 Å². The van der Waals surface area contributed by atoms with Gasteiger partial charge in [0.05, 0.1) is 0 Å². The predicted octanol–water partition coefficient (Wildman–Crippen LogP) is 3.90. The molecule has 0 aliphatic carbocycles. The number of nitrogens with zero attached hydrogens (tertiary/aromatic N) is 1. The van der Waals surface area contributed by atoms with Crippen LogP contribution < -0.4 is 15.8 Å². The molecule has 1 aromatic heterocycles. The van der Waals surface area contributed by atoms with Crippen LogP contribution in [0.5, 0.6) is 11.5 Å². The zero-order valence-corrected chi connectivity index (χ0v) is 16.9. The molecule has 3 N–H and O–H groups in total. The smallest absolute Gasteiger partial charge is 0.267 e. The van der Waals surface area contributed by atoms with Crippen molar-refractivity contribution in [3.05, 3.63) is 89.2 Å². The molecule has 0 aliphatic rings. The standard InChI is InChI=1S/C24H25N3O3/c1-2-4-17-7-9-19(10-8-17)24(29)27-13-11-18-5-3-6-20(15-18)30-21-12-14-26-22(16-21)23(25)28/h3,5-10,12,14-16H,2,4,11,13H2,1H3,(H2,25,28)(H,27,29). The lowest BCUT2D eigenvalue weighted by molar-refractivity contribution is 0.0952. The van der Waals surface area contributed by atoms with Gasteiger partial charge in [-0.1, -0.05) is 37.6 Å². The Bertz CT molecular complexity index is 1020. The first-order chi connectivity index (χ1) is 14.5. The monoisotopic (exact) mass is 403 g/mol. The summed E-state index contributed by atoms with van der Waals surface area (Å²) < 4.78 is 5.80. The predicted molar refractivity (Wildman–Crippen MR) is 116 cm³/mol. The number of hydrogen-bond acceptors (Lipinski definition) is 4. The van der Waals surface area contributed by atoms with Crippen LogP contribution in [0.2, 0.25) is 0 Å². The Hall–Kier alpha value is -3.67. The lowest BCUT2D eigenvalue weighted by Crippen LogP contribution is -2.25. The molecule has 2 aromatic carbocycles. The fourth-order valence-electron chi connectivity index (χ4n) is 3.04. The third-order valence-corrected chi connectivity index (χ3v) is 4.57. The van der Waals surface area contributed by atoms with Crippen molar-refractivity contribution in [3.63, 3.8) is 0 Å². The van der Waals surface area contributed by atoms with Gasteiger partial charge in [0, 0.05) is 24.4 Å². The van der Waals surface area contributed by atoms with E-state index in [1.165, 1.54) is 17.8 Å². The molecular formula is C24H25N3O3. The fraction of sp³-hybridized carbons (Fsp3) is 0.208. The second-order valence-corrected chi connectivity index (χ2v) is 6.94. The Labute approximate surface area is 176 Å². The molecular weight excluding hydrogens is 378 g/mol. The molecule has 0 fully saturated rings. The maximum absolute atomic E-state index is 12.3. The van der Waals surface area contributed by atoms with Crippen LogP contribution in [-0.2, 0) is 12.8 Å². The van der Waals surface area contributed by atoms with E-state index in [0.717, 1.165) is 18.4 Å². The fourth-order valence-corrected chi connectivity index (χ4v) is 3.04. The van der Waals surface area contributed by atoms with Gasteiger partial charge in [-0.05, 0) is 54.3 Å². The van der Waals surface area contributed by atoms with Crippen LogP contribution >= 0.6 is 0 Å². The van der Waals surface area contributed by atoms with Crippen molar-refractivity contribution in [3.8, 4) is 11.5 Å². The Morgan fingerprint density at radius 2 is 1.73 bits per heavy atom. The average Bonchev–Trinajstić information content (AvgIpc) is 2.75. The minimum Gasteiger partial charge on any atom is -0.457 e. The van der Waals surface area contributed by atoms with E-state index < -0.39 is 5.91 Å². The summed E-state index contributed by atoms with van der Waals surface area (Å²) in [5.41, 5.74) is 8.32. The van der Waals surface area contributed by atoms with Gasteiger partial charge < -0.3 is 15.8 Å². The Balaban J connectivity index is 1.54. The average molecular weight is 403 g/mol. The Morgan fingerprint density at radius 3 is 2.47 bits per heavy atom. The number of pyridine rings is 1. The quantitative estimate of drug-likeness (QED) is 0.567. The molecule has 0 unspecified atom stereocenters. The summed E-state index contributed by atoms with van der Waals surface area (Å²) in [6, 6.07) is 18.5. The highest BCUT2D eigenvalue weighted by molar-refractivity contribution is 5.94. The molecule has 0 saturated carbocycles. The minimum absolute atomic E-state index is 0.0822. The number of carbonyl (C=O) groups is 2. The maximum Gasteiger partial charge on any atom is 0.267 e. The number of carbonyl (C=O) groups excluding carboxylic acids is 2. The Morgan fingerprint density at radius 1 is 0.967 bits per heavy atom. The van der Waals surface area contributed by atoms with Crippen LogP contribution in [-0.4, -0.2) is 23.3 Å². The molecule has 1 heterocycles. The number of ether oxygens (including phenoxy) is 1. The lowest BCUT2D eigenvalue weighted by atomic mass is 10.1. The molecule has 0 spiro atoms. The van der Waals surface area contributed by atoms with Crippen molar-refractivity contribution < 1.29 is 14.3 Å². The third kappa shape index (κ3) is 5.91. The number of hydrogen-bond donors (Lipinski definition) is 2. The normalized spacial score (nSPS) is 10.4. The first-order valence-corrected chi connectivity index (χ1v) is 9.95. The van der Waals surface area contributed by atoms with E-state index in [4.69, 9.17) is 10.5 Å². The summed E-state index contributed by atoms with van der Waals surface area (Å²) in [7, 11) is 0. The van der Waals surface area contributed by atoms with Gasteiger partial charge in [0.1, 0.15) is 17.2 Å². The minimum atomic E-state index is -0.607. The number of aromatic nitrogens is 1. The van der Waals surface area contributed by atoms with Crippen molar-refractivity contribution in [1.29, 1.82) is 0 Å². The molecule has 0 saturated heterocycles. The molecule has 30 heavy (non-hydrogen) atoms. The van der Waals surface area contributed by atoms with Crippen molar-refractivity contribution in [2.24, 2.45) is 5.73 Å². The van der Waals surface area contributed by atoms with Gasteiger partial charge in [-0.3, -0.25) is 14.6 Å². The number of nitrogens with two attached hydrogens (primary N) is 1. The number of primary amides is 1. The largest absolute Gasteiger partial charge is 0.457 e. The van der Waals surface area contributed by atoms with E-state index in [1.54, 1.807) is 6.07 Å². The highest BCUT2D eigenvalue weighted by Crippen LogP contribution is 2.22. The van der Waals surface area contributed by atoms with Gasteiger partial charge >= 0.3 is 0 Å². The number of aryl methyl sites for hydroxylation is 1.